The number of carbonyl (C=O) groups is 2. The summed E-state index contributed by atoms with van der Waals surface area (Å²) in [6.45, 7) is 7.47. The largest absolute Gasteiger partial charge is 0.468 e. The van der Waals surface area contributed by atoms with E-state index < -0.39 is 5.97 Å². The van der Waals surface area contributed by atoms with Gasteiger partial charge in [0.2, 0.25) is 5.91 Å². The Labute approximate surface area is 79.7 Å². The highest BCUT2D eigenvalue weighted by atomic mass is 16.5. The minimum Gasteiger partial charge on any atom is -0.468 e. The number of amides is 1. The van der Waals surface area contributed by atoms with Gasteiger partial charge in [-0.05, 0) is 0 Å². The van der Waals surface area contributed by atoms with Gasteiger partial charge in [-0.25, -0.2) is 0 Å². The van der Waals surface area contributed by atoms with Gasteiger partial charge < -0.3 is 10.1 Å². The van der Waals surface area contributed by atoms with Gasteiger partial charge in [-0.3, -0.25) is 9.59 Å². The molecular weight excluding hydrogens is 170 g/mol. The molecule has 0 aromatic rings. The Kier molecular flexibility index (Phi) is 10.0. The van der Waals surface area contributed by atoms with Crippen LogP contribution in [-0.4, -0.2) is 25.5 Å². The average Bonchev–Trinajstić information content (AvgIpc) is 2.16. The van der Waals surface area contributed by atoms with E-state index in [1.54, 1.807) is 13.8 Å². The van der Waals surface area contributed by atoms with Crippen molar-refractivity contribution in [1.29, 1.82) is 0 Å². The summed E-state index contributed by atoms with van der Waals surface area (Å²) in [4.78, 5) is 21.3. The van der Waals surface area contributed by atoms with Crippen molar-refractivity contribution in [2.24, 2.45) is 5.92 Å². The van der Waals surface area contributed by atoms with Crippen molar-refractivity contribution in [1.82, 2.24) is 5.32 Å². The summed E-state index contributed by atoms with van der Waals surface area (Å²) in [6.07, 6.45) is 0. The number of methoxy groups -OCH3 is 1. The second-order valence-electron chi connectivity index (χ2n) is 2.45. The van der Waals surface area contributed by atoms with Crippen molar-refractivity contribution >= 4 is 11.9 Å². The Hall–Kier alpha value is -1.06. The molecule has 0 fully saturated rings. The summed E-state index contributed by atoms with van der Waals surface area (Å²) in [5, 5.41) is 2.42. The normalized spacial score (nSPS) is 8.46. The molecule has 0 aliphatic carbocycles. The van der Waals surface area contributed by atoms with E-state index in [1.807, 2.05) is 13.8 Å². The zero-order valence-electron chi connectivity index (χ0n) is 9.01. The number of carbonyl (C=O) groups excluding carboxylic acids is 2. The Morgan fingerprint density at radius 2 is 1.77 bits per heavy atom. The quantitative estimate of drug-likeness (QED) is 0.673. The first kappa shape index (κ1) is 14.5. The van der Waals surface area contributed by atoms with Crippen LogP contribution in [0.1, 0.15) is 27.7 Å². The number of hydrogen-bond acceptors (Lipinski definition) is 3. The van der Waals surface area contributed by atoms with Crippen LogP contribution in [0.25, 0.3) is 0 Å². The van der Waals surface area contributed by atoms with Crippen LogP contribution < -0.4 is 5.32 Å². The van der Waals surface area contributed by atoms with Crippen LogP contribution in [0.5, 0.6) is 0 Å². The summed E-state index contributed by atoms with van der Waals surface area (Å²) >= 11 is 0. The maximum absolute atomic E-state index is 10.8. The summed E-state index contributed by atoms with van der Waals surface area (Å²) < 4.78 is 4.33. The van der Waals surface area contributed by atoms with E-state index in [0.717, 1.165) is 0 Å². The topological polar surface area (TPSA) is 55.4 Å². The van der Waals surface area contributed by atoms with Crippen LogP contribution in [0, 0.1) is 5.92 Å². The van der Waals surface area contributed by atoms with Gasteiger partial charge in [0.1, 0.15) is 6.54 Å². The molecule has 78 valence electrons. The third-order valence-electron chi connectivity index (χ3n) is 1.16. The van der Waals surface area contributed by atoms with Crippen molar-refractivity contribution in [3.63, 3.8) is 0 Å². The average molecular weight is 189 g/mol. The van der Waals surface area contributed by atoms with Crippen LogP contribution >= 0.6 is 0 Å². The van der Waals surface area contributed by atoms with Gasteiger partial charge in [0.25, 0.3) is 0 Å². The number of hydrogen-bond donors (Lipinski definition) is 1. The Morgan fingerprint density at radius 1 is 1.31 bits per heavy atom. The second kappa shape index (κ2) is 9.03. The lowest BCUT2D eigenvalue weighted by Crippen LogP contribution is -2.33. The highest BCUT2D eigenvalue weighted by molar-refractivity contribution is 5.82. The Bertz CT molecular complexity index is 155. The summed E-state index contributed by atoms with van der Waals surface area (Å²) in [5.74, 6) is -0.672. The zero-order valence-corrected chi connectivity index (χ0v) is 9.01. The minimum atomic E-state index is -0.431. The Morgan fingerprint density at radius 3 is 2.08 bits per heavy atom. The lowest BCUT2D eigenvalue weighted by Gasteiger charge is -2.05. The van der Waals surface area contributed by atoms with E-state index in [4.69, 9.17) is 0 Å². The molecule has 13 heavy (non-hydrogen) atoms. The predicted molar refractivity (Wildman–Crippen MR) is 51.2 cm³/mol. The van der Waals surface area contributed by atoms with Gasteiger partial charge in [-0.15, -0.1) is 0 Å². The fraction of sp³-hybridized carbons (Fsp3) is 0.778. The number of esters is 1. The van der Waals surface area contributed by atoms with E-state index in [1.165, 1.54) is 7.11 Å². The van der Waals surface area contributed by atoms with Crippen molar-refractivity contribution < 1.29 is 14.3 Å². The van der Waals surface area contributed by atoms with E-state index in [0.29, 0.717) is 0 Å². The van der Waals surface area contributed by atoms with E-state index in [9.17, 15) is 9.59 Å². The van der Waals surface area contributed by atoms with Gasteiger partial charge in [-0.2, -0.15) is 0 Å². The molecule has 4 heteroatoms. The molecule has 0 aliphatic rings. The minimum absolute atomic E-state index is 0.0481. The summed E-state index contributed by atoms with van der Waals surface area (Å²) in [5.41, 5.74) is 0. The molecule has 1 N–H and O–H groups in total. The maximum atomic E-state index is 10.8. The van der Waals surface area contributed by atoms with E-state index >= 15 is 0 Å². The third kappa shape index (κ3) is 8.85. The van der Waals surface area contributed by atoms with Crippen molar-refractivity contribution in [3.8, 4) is 0 Å². The third-order valence-corrected chi connectivity index (χ3v) is 1.16. The zero-order chi connectivity index (χ0) is 10.9. The monoisotopic (exact) mass is 189 g/mol. The van der Waals surface area contributed by atoms with E-state index in [2.05, 4.69) is 10.1 Å². The number of rotatable bonds is 3. The van der Waals surface area contributed by atoms with Crippen molar-refractivity contribution in [2.45, 2.75) is 27.7 Å². The molecule has 4 nitrogen and oxygen atoms in total. The summed E-state index contributed by atoms with van der Waals surface area (Å²) in [6, 6.07) is 0. The predicted octanol–water partition coefficient (Wildman–Crippen LogP) is 0.958. The highest BCUT2D eigenvalue weighted by Gasteiger charge is 2.07. The molecule has 0 rings (SSSR count). The van der Waals surface area contributed by atoms with Crippen LogP contribution in [0.4, 0.5) is 0 Å². The maximum Gasteiger partial charge on any atom is 0.325 e. The smallest absolute Gasteiger partial charge is 0.325 e. The molecule has 0 saturated carbocycles. The van der Waals surface area contributed by atoms with Crippen LogP contribution in [0.15, 0.2) is 0 Å². The fourth-order valence-electron chi connectivity index (χ4n) is 0.436. The van der Waals surface area contributed by atoms with Crippen LogP contribution in [-0.2, 0) is 14.3 Å². The van der Waals surface area contributed by atoms with Crippen molar-refractivity contribution in [2.75, 3.05) is 13.7 Å². The molecule has 0 aromatic carbocycles. The molecule has 0 saturated heterocycles. The van der Waals surface area contributed by atoms with Crippen LogP contribution in [0.2, 0.25) is 0 Å². The first-order chi connectivity index (χ1) is 6.07. The molecule has 0 spiro atoms. The van der Waals surface area contributed by atoms with Gasteiger partial charge in [0.15, 0.2) is 0 Å². The first-order valence-corrected chi connectivity index (χ1v) is 4.42. The van der Waals surface area contributed by atoms with Crippen molar-refractivity contribution in [3.05, 3.63) is 0 Å². The SMILES string of the molecule is CC.COC(=O)CNC(=O)C(C)C. The molecule has 0 bridgehead atoms. The van der Waals surface area contributed by atoms with Gasteiger partial charge >= 0.3 is 5.97 Å². The lowest BCUT2D eigenvalue weighted by atomic mass is 10.2. The van der Waals surface area contributed by atoms with Gasteiger partial charge in [-0.1, -0.05) is 27.7 Å². The highest BCUT2D eigenvalue weighted by Crippen LogP contribution is 1.89. The number of ether oxygens (including phenoxy) is 1. The molecular formula is C9H19NO3. The Balaban J connectivity index is 0. The molecule has 0 radical (unpaired) electrons. The fourth-order valence-corrected chi connectivity index (χ4v) is 0.436. The molecule has 0 heterocycles. The second-order valence-corrected chi connectivity index (χ2v) is 2.45. The van der Waals surface area contributed by atoms with Gasteiger partial charge in [0, 0.05) is 5.92 Å². The van der Waals surface area contributed by atoms with Gasteiger partial charge in [0.05, 0.1) is 7.11 Å². The first-order valence-electron chi connectivity index (χ1n) is 4.42. The molecule has 1 amide bonds. The van der Waals surface area contributed by atoms with E-state index in [-0.39, 0.29) is 18.4 Å². The molecule has 0 aromatic heterocycles. The molecule has 0 atom stereocenters. The standard InChI is InChI=1S/C7H13NO3.C2H6/c1-5(2)7(10)8-4-6(9)11-3;1-2/h5H,4H2,1-3H3,(H,8,10);1-2H3. The molecule has 0 aliphatic heterocycles. The van der Waals surface area contributed by atoms with Crippen LogP contribution in [0.3, 0.4) is 0 Å². The molecule has 0 unspecified atom stereocenters. The number of nitrogens with one attached hydrogen (secondary N) is 1. The lowest BCUT2D eigenvalue weighted by molar-refractivity contribution is -0.141. The summed E-state index contributed by atoms with van der Waals surface area (Å²) in [7, 11) is 1.28.